The molecule has 6 heteroatoms. The zero-order valence-electron chi connectivity index (χ0n) is 9.40. The summed E-state index contributed by atoms with van der Waals surface area (Å²) in [5, 5.41) is 0.364. The summed E-state index contributed by atoms with van der Waals surface area (Å²) in [6.07, 6.45) is 0. The standard InChI is InChI=1S/C11H13N3O3/c1-17-8-4-2-3-7-9(8)10(15)14(6-5-12)11(16)13-7/h2-4H,5-6,12H2,1H3,(H,13,16). The number of nitrogens with two attached hydrogens (primary N) is 1. The summed E-state index contributed by atoms with van der Waals surface area (Å²) < 4.78 is 6.19. The van der Waals surface area contributed by atoms with Crippen LogP contribution in [0.4, 0.5) is 0 Å². The molecule has 1 heterocycles. The molecule has 90 valence electrons. The smallest absolute Gasteiger partial charge is 0.328 e. The number of fused-ring (bicyclic) bond motifs is 1. The second kappa shape index (κ2) is 4.42. The average Bonchev–Trinajstić information content (AvgIpc) is 2.33. The normalized spacial score (nSPS) is 10.7. The molecule has 0 saturated heterocycles. The highest BCUT2D eigenvalue weighted by molar-refractivity contribution is 5.83. The van der Waals surface area contributed by atoms with Crippen molar-refractivity contribution in [3.05, 3.63) is 39.0 Å². The average molecular weight is 235 g/mol. The van der Waals surface area contributed by atoms with E-state index in [1.165, 1.54) is 7.11 Å². The maximum Gasteiger partial charge on any atom is 0.328 e. The van der Waals surface area contributed by atoms with Gasteiger partial charge in [-0.25, -0.2) is 4.79 Å². The van der Waals surface area contributed by atoms with Crippen LogP contribution in [-0.2, 0) is 6.54 Å². The quantitative estimate of drug-likeness (QED) is 0.761. The molecule has 1 aromatic heterocycles. The highest BCUT2D eigenvalue weighted by atomic mass is 16.5. The minimum atomic E-state index is -0.457. The second-order valence-electron chi connectivity index (χ2n) is 3.56. The summed E-state index contributed by atoms with van der Waals surface area (Å²) in [4.78, 5) is 26.4. The Balaban J connectivity index is 2.89. The van der Waals surface area contributed by atoms with Gasteiger partial charge in [0, 0.05) is 13.1 Å². The van der Waals surface area contributed by atoms with Crippen molar-refractivity contribution < 1.29 is 4.74 Å². The van der Waals surface area contributed by atoms with Crippen LogP contribution in [0.2, 0.25) is 0 Å². The van der Waals surface area contributed by atoms with E-state index in [2.05, 4.69) is 4.98 Å². The predicted molar refractivity (Wildman–Crippen MR) is 64.4 cm³/mol. The van der Waals surface area contributed by atoms with Crippen molar-refractivity contribution >= 4 is 10.9 Å². The zero-order valence-corrected chi connectivity index (χ0v) is 9.40. The molecule has 0 aliphatic rings. The van der Waals surface area contributed by atoms with E-state index in [1.807, 2.05) is 0 Å². The molecule has 2 aromatic rings. The van der Waals surface area contributed by atoms with Gasteiger partial charge in [-0.1, -0.05) is 6.07 Å². The summed E-state index contributed by atoms with van der Waals surface area (Å²) in [6.45, 7) is 0.409. The summed E-state index contributed by atoms with van der Waals surface area (Å²) in [6, 6.07) is 5.05. The lowest BCUT2D eigenvalue weighted by molar-refractivity contribution is 0.419. The lowest BCUT2D eigenvalue weighted by atomic mass is 10.2. The minimum absolute atomic E-state index is 0.183. The van der Waals surface area contributed by atoms with E-state index >= 15 is 0 Å². The first kappa shape index (κ1) is 11.4. The second-order valence-corrected chi connectivity index (χ2v) is 3.56. The number of hydrogen-bond donors (Lipinski definition) is 2. The molecule has 0 amide bonds. The maximum absolute atomic E-state index is 12.1. The van der Waals surface area contributed by atoms with Gasteiger partial charge in [0.05, 0.1) is 12.6 Å². The summed E-state index contributed by atoms with van der Waals surface area (Å²) >= 11 is 0. The van der Waals surface area contributed by atoms with Gasteiger partial charge in [-0.05, 0) is 12.1 Å². The van der Waals surface area contributed by atoms with Gasteiger partial charge in [0.2, 0.25) is 0 Å². The van der Waals surface area contributed by atoms with Gasteiger partial charge in [-0.2, -0.15) is 0 Å². The Hall–Kier alpha value is -2.08. The number of nitrogens with zero attached hydrogens (tertiary/aromatic N) is 1. The van der Waals surface area contributed by atoms with Crippen LogP contribution in [0.25, 0.3) is 10.9 Å². The van der Waals surface area contributed by atoms with Crippen molar-refractivity contribution in [1.29, 1.82) is 0 Å². The summed E-state index contributed by atoms with van der Waals surface area (Å²) in [5.74, 6) is 0.439. The van der Waals surface area contributed by atoms with Crippen LogP contribution in [-0.4, -0.2) is 23.2 Å². The first-order valence-corrected chi connectivity index (χ1v) is 5.19. The molecule has 0 saturated carbocycles. The molecule has 0 fully saturated rings. The zero-order chi connectivity index (χ0) is 12.4. The molecule has 1 aromatic carbocycles. The van der Waals surface area contributed by atoms with Crippen molar-refractivity contribution in [3.8, 4) is 5.75 Å². The molecule has 3 N–H and O–H groups in total. The molecule has 17 heavy (non-hydrogen) atoms. The summed E-state index contributed by atoms with van der Waals surface area (Å²) in [5.41, 5.74) is 4.99. The highest BCUT2D eigenvalue weighted by Crippen LogP contribution is 2.18. The molecule has 0 aliphatic carbocycles. The molecular formula is C11H13N3O3. The fourth-order valence-electron chi connectivity index (χ4n) is 1.77. The largest absolute Gasteiger partial charge is 0.496 e. The van der Waals surface area contributed by atoms with E-state index in [9.17, 15) is 9.59 Å². The molecule has 0 radical (unpaired) electrons. The van der Waals surface area contributed by atoms with Gasteiger partial charge in [-0.15, -0.1) is 0 Å². The predicted octanol–water partition coefficient (Wildman–Crippen LogP) is -0.343. The number of H-pyrrole nitrogens is 1. The Morgan fingerprint density at radius 2 is 2.18 bits per heavy atom. The fraction of sp³-hybridized carbons (Fsp3) is 0.273. The van der Waals surface area contributed by atoms with Crippen LogP contribution in [0.1, 0.15) is 0 Å². The molecule has 0 atom stereocenters. The molecule has 2 rings (SSSR count). The highest BCUT2D eigenvalue weighted by Gasteiger charge is 2.10. The van der Waals surface area contributed by atoms with Crippen LogP contribution in [0, 0.1) is 0 Å². The van der Waals surface area contributed by atoms with Crippen LogP contribution in [0.5, 0.6) is 5.75 Å². The molecule has 0 unspecified atom stereocenters. The number of aromatic nitrogens is 2. The number of hydrogen-bond acceptors (Lipinski definition) is 4. The fourth-order valence-corrected chi connectivity index (χ4v) is 1.77. The van der Waals surface area contributed by atoms with Crippen LogP contribution < -0.4 is 21.7 Å². The van der Waals surface area contributed by atoms with Crippen molar-refractivity contribution in [2.45, 2.75) is 6.54 Å². The van der Waals surface area contributed by atoms with E-state index in [4.69, 9.17) is 10.5 Å². The number of rotatable bonds is 3. The van der Waals surface area contributed by atoms with Crippen LogP contribution >= 0.6 is 0 Å². The topological polar surface area (TPSA) is 90.1 Å². The third-order valence-corrected chi connectivity index (χ3v) is 2.54. The SMILES string of the molecule is COc1cccc2[nH]c(=O)n(CCN)c(=O)c12. The number of nitrogens with one attached hydrogen (secondary N) is 1. The van der Waals surface area contributed by atoms with Crippen LogP contribution in [0.15, 0.2) is 27.8 Å². The van der Waals surface area contributed by atoms with Crippen molar-refractivity contribution in [2.75, 3.05) is 13.7 Å². The first-order valence-electron chi connectivity index (χ1n) is 5.19. The Morgan fingerprint density at radius 1 is 1.41 bits per heavy atom. The molecule has 0 spiro atoms. The van der Waals surface area contributed by atoms with Crippen LogP contribution in [0.3, 0.4) is 0 Å². The first-order chi connectivity index (χ1) is 8.19. The molecular weight excluding hydrogens is 222 g/mol. The van der Waals surface area contributed by atoms with E-state index in [1.54, 1.807) is 18.2 Å². The third-order valence-electron chi connectivity index (χ3n) is 2.54. The van der Waals surface area contributed by atoms with E-state index < -0.39 is 5.69 Å². The molecule has 6 nitrogen and oxygen atoms in total. The lowest BCUT2D eigenvalue weighted by Gasteiger charge is -2.07. The third kappa shape index (κ3) is 1.83. The number of aromatic amines is 1. The van der Waals surface area contributed by atoms with E-state index in [0.717, 1.165) is 4.57 Å². The van der Waals surface area contributed by atoms with E-state index in [0.29, 0.717) is 16.7 Å². The Bertz CT molecular complexity index is 657. The van der Waals surface area contributed by atoms with Crippen molar-refractivity contribution in [1.82, 2.24) is 9.55 Å². The lowest BCUT2D eigenvalue weighted by Crippen LogP contribution is -2.37. The summed E-state index contributed by atoms with van der Waals surface area (Å²) in [7, 11) is 1.48. The monoisotopic (exact) mass is 235 g/mol. The Labute approximate surface area is 96.6 Å². The minimum Gasteiger partial charge on any atom is -0.496 e. The van der Waals surface area contributed by atoms with Gasteiger partial charge in [0.1, 0.15) is 11.1 Å². The van der Waals surface area contributed by atoms with Gasteiger partial charge >= 0.3 is 5.69 Å². The maximum atomic E-state index is 12.1. The van der Waals surface area contributed by atoms with Crippen molar-refractivity contribution in [2.24, 2.45) is 5.73 Å². The Morgan fingerprint density at radius 3 is 2.82 bits per heavy atom. The van der Waals surface area contributed by atoms with E-state index in [-0.39, 0.29) is 18.6 Å². The number of ether oxygens (including phenoxy) is 1. The molecule has 0 aliphatic heterocycles. The van der Waals surface area contributed by atoms with Gasteiger partial charge in [-0.3, -0.25) is 9.36 Å². The van der Waals surface area contributed by atoms with Gasteiger partial charge in [0.25, 0.3) is 5.56 Å². The number of methoxy groups -OCH3 is 1. The van der Waals surface area contributed by atoms with Crippen molar-refractivity contribution in [3.63, 3.8) is 0 Å². The van der Waals surface area contributed by atoms with Gasteiger partial charge < -0.3 is 15.5 Å². The Kier molecular flexibility index (Phi) is 2.97. The number of benzene rings is 1. The molecule has 0 bridgehead atoms. The van der Waals surface area contributed by atoms with Gasteiger partial charge in [0.15, 0.2) is 0 Å².